The number of benzene rings is 2. The number of hydrogen-bond acceptors (Lipinski definition) is 6. The average Bonchev–Trinajstić information content (AvgIpc) is 2.64. The Labute approximate surface area is 159 Å². The number of carbonyl (C=O) groups excluding carboxylic acids is 2. The first kappa shape index (κ1) is 19.6. The summed E-state index contributed by atoms with van der Waals surface area (Å²) in [4.78, 5) is 23.6. The van der Waals surface area contributed by atoms with Gasteiger partial charge in [0.25, 0.3) is 5.91 Å². The summed E-state index contributed by atoms with van der Waals surface area (Å²) in [7, 11) is 3.01. The van der Waals surface area contributed by atoms with Gasteiger partial charge < -0.3 is 24.3 Å². The fraction of sp³-hybridized carbons (Fsp3) is 0.222. The Morgan fingerprint density at radius 3 is 2.27 bits per heavy atom. The lowest BCUT2D eigenvalue weighted by Gasteiger charge is -2.10. The summed E-state index contributed by atoms with van der Waals surface area (Å²) < 4.78 is 21.3. The minimum absolute atomic E-state index is 0.295. The Bertz CT molecular complexity index is 758. The van der Waals surface area contributed by atoms with Crippen molar-refractivity contribution in [3.8, 4) is 17.2 Å². The molecule has 0 saturated heterocycles. The van der Waals surface area contributed by atoms with E-state index >= 15 is 0 Å². The van der Waals surface area contributed by atoms with Gasteiger partial charge in [0.1, 0.15) is 17.2 Å². The molecule has 0 heterocycles. The third-order valence-corrected chi connectivity index (χ3v) is 3.65. The lowest BCUT2D eigenvalue weighted by Crippen LogP contribution is -2.23. The molecule has 1 amide bonds. The highest BCUT2D eigenvalue weighted by Crippen LogP contribution is 2.25. The molecule has 0 aromatic heterocycles. The van der Waals surface area contributed by atoms with Crippen LogP contribution in [-0.2, 0) is 14.3 Å². The van der Waals surface area contributed by atoms with E-state index in [0.717, 1.165) is 4.47 Å². The van der Waals surface area contributed by atoms with Crippen molar-refractivity contribution >= 4 is 33.5 Å². The van der Waals surface area contributed by atoms with E-state index in [2.05, 4.69) is 21.2 Å². The highest BCUT2D eigenvalue weighted by molar-refractivity contribution is 9.10. The number of anilines is 1. The standard InChI is InChI=1S/C18H18BrNO6/c1-23-15-7-13(8-16(9-15)24-2)20-17(21)10-26-18(22)11-25-14-5-3-4-12(19)6-14/h3-9H,10-11H2,1-2H3,(H,20,21). The van der Waals surface area contributed by atoms with E-state index in [1.807, 2.05) is 6.07 Å². The largest absolute Gasteiger partial charge is 0.497 e. The van der Waals surface area contributed by atoms with E-state index in [4.69, 9.17) is 18.9 Å². The SMILES string of the molecule is COc1cc(NC(=O)COC(=O)COc2cccc(Br)c2)cc(OC)c1. The molecule has 26 heavy (non-hydrogen) atoms. The molecule has 138 valence electrons. The first-order valence-electron chi connectivity index (χ1n) is 7.57. The third kappa shape index (κ3) is 6.29. The van der Waals surface area contributed by atoms with E-state index in [1.165, 1.54) is 14.2 Å². The number of halogens is 1. The van der Waals surface area contributed by atoms with Crippen LogP contribution in [0, 0.1) is 0 Å². The van der Waals surface area contributed by atoms with Crippen LogP contribution in [0.15, 0.2) is 46.9 Å². The Hall–Kier alpha value is -2.74. The van der Waals surface area contributed by atoms with Crippen molar-refractivity contribution in [2.75, 3.05) is 32.8 Å². The van der Waals surface area contributed by atoms with Crippen LogP contribution in [0.3, 0.4) is 0 Å². The van der Waals surface area contributed by atoms with Gasteiger partial charge in [0.2, 0.25) is 0 Å². The summed E-state index contributed by atoms with van der Waals surface area (Å²) in [5.74, 6) is 0.432. The first-order chi connectivity index (χ1) is 12.5. The van der Waals surface area contributed by atoms with Crippen LogP contribution in [0.5, 0.6) is 17.2 Å². The van der Waals surface area contributed by atoms with Gasteiger partial charge in [-0.25, -0.2) is 4.79 Å². The predicted molar refractivity (Wildman–Crippen MR) is 98.8 cm³/mol. The van der Waals surface area contributed by atoms with Crippen LogP contribution < -0.4 is 19.5 Å². The van der Waals surface area contributed by atoms with Gasteiger partial charge in [-0.05, 0) is 18.2 Å². The van der Waals surface area contributed by atoms with Crippen molar-refractivity contribution in [2.24, 2.45) is 0 Å². The number of rotatable bonds is 8. The molecule has 0 aliphatic carbocycles. The third-order valence-electron chi connectivity index (χ3n) is 3.15. The summed E-state index contributed by atoms with van der Waals surface area (Å²) in [6.07, 6.45) is 0. The summed E-state index contributed by atoms with van der Waals surface area (Å²) in [5.41, 5.74) is 0.465. The monoisotopic (exact) mass is 423 g/mol. The van der Waals surface area contributed by atoms with Gasteiger partial charge in [-0.3, -0.25) is 4.79 Å². The number of carbonyl (C=O) groups is 2. The Kier molecular flexibility index (Phi) is 7.28. The second kappa shape index (κ2) is 9.67. The molecule has 0 fully saturated rings. The Morgan fingerprint density at radius 2 is 1.65 bits per heavy atom. The van der Waals surface area contributed by atoms with E-state index in [1.54, 1.807) is 36.4 Å². The average molecular weight is 424 g/mol. The zero-order valence-electron chi connectivity index (χ0n) is 14.3. The molecule has 0 unspecified atom stereocenters. The van der Waals surface area contributed by atoms with Crippen LogP contribution in [0.2, 0.25) is 0 Å². The minimum atomic E-state index is -0.650. The Morgan fingerprint density at radius 1 is 0.962 bits per heavy atom. The van der Waals surface area contributed by atoms with Crippen LogP contribution in [0.1, 0.15) is 0 Å². The molecule has 0 bridgehead atoms. The number of methoxy groups -OCH3 is 2. The van der Waals surface area contributed by atoms with Crippen molar-refractivity contribution in [3.05, 3.63) is 46.9 Å². The molecular formula is C18H18BrNO6. The van der Waals surface area contributed by atoms with Crippen LogP contribution >= 0.6 is 15.9 Å². The summed E-state index contributed by atoms with van der Waals surface area (Å²) in [6, 6.07) is 12.0. The van der Waals surface area contributed by atoms with Crippen LogP contribution in [-0.4, -0.2) is 39.3 Å². The van der Waals surface area contributed by atoms with E-state index in [-0.39, 0.29) is 6.61 Å². The highest BCUT2D eigenvalue weighted by atomic mass is 79.9. The maximum absolute atomic E-state index is 11.9. The second-order valence-electron chi connectivity index (χ2n) is 5.06. The molecule has 0 spiro atoms. The number of amides is 1. The normalized spacial score (nSPS) is 9.96. The molecular weight excluding hydrogens is 406 g/mol. The maximum Gasteiger partial charge on any atom is 0.344 e. The maximum atomic E-state index is 11.9. The van der Waals surface area contributed by atoms with E-state index in [0.29, 0.717) is 22.9 Å². The number of hydrogen-bond donors (Lipinski definition) is 1. The van der Waals surface area contributed by atoms with Crippen molar-refractivity contribution in [2.45, 2.75) is 0 Å². The van der Waals surface area contributed by atoms with Gasteiger partial charge in [0, 0.05) is 28.4 Å². The molecule has 0 atom stereocenters. The lowest BCUT2D eigenvalue weighted by atomic mass is 10.2. The molecule has 2 aromatic rings. The molecule has 0 aliphatic heterocycles. The summed E-state index contributed by atoms with van der Waals surface area (Å²) in [6.45, 7) is -0.725. The fourth-order valence-electron chi connectivity index (χ4n) is 1.96. The number of nitrogens with one attached hydrogen (secondary N) is 1. The summed E-state index contributed by atoms with van der Waals surface area (Å²) >= 11 is 3.30. The topological polar surface area (TPSA) is 83.1 Å². The van der Waals surface area contributed by atoms with Gasteiger partial charge in [0.05, 0.1) is 14.2 Å². The van der Waals surface area contributed by atoms with Gasteiger partial charge in [-0.15, -0.1) is 0 Å². The number of esters is 1. The Balaban J connectivity index is 1.80. The zero-order valence-corrected chi connectivity index (χ0v) is 15.9. The second-order valence-corrected chi connectivity index (χ2v) is 5.97. The zero-order chi connectivity index (χ0) is 18.9. The van der Waals surface area contributed by atoms with Crippen molar-refractivity contribution in [1.82, 2.24) is 0 Å². The molecule has 7 nitrogen and oxygen atoms in total. The fourth-order valence-corrected chi connectivity index (χ4v) is 2.34. The van der Waals surface area contributed by atoms with Crippen molar-refractivity contribution in [1.29, 1.82) is 0 Å². The summed E-state index contributed by atoms with van der Waals surface area (Å²) in [5, 5.41) is 2.60. The van der Waals surface area contributed by atoms with Gasteiger partial charge in [0.15, 0.2) is 13.2 Å². The molecule has 8 heteroatoms. The van der Waals surface area contributed by atoms with Gasteiger partial charge >= 0.3 is 5.97 Å². The van der Waals surface area contributed by atoms with Crippen molar-refractivity contribution in [3.63, 3.8) is 0 Å². The molecule has 2 aromatic carbocycles. The predicted octanol–water partition coefficient (Wildman–Crippen LogP) is 3.03. The minimum Gasteiger partial charge on any atom is -0.497 e. The quantitative estimate of drug-likeness (QED) is 0.657. The van der Waals surface area contributed by atoms with E-state index in [9.17, 15) is 9.59 Å². The van der Waals surface area contributed by atoms with Gasteiger partial charge in [-0.1, -0.05) is 22.0 Å². The van der Waals surface area contributed by atoms with Crippen molar-refractivity contribution < 1.29 is 28.5 Å². The van der Waals surface area contributed by atoms with Crippen LogP contribution in [0.25, 0.3) is 0 Å². The molecule has 0 aliphatic rings. The molecule has 2 rings (SSSR count). The smallest absolute Gasteiger partial charge is 0.344 e. The number of ether oxygens (including phenoxy) is 4. The van der Waals surface area contributed by atoms with E-state index < -0.39 is 18.5 Å². The molecule has 0 radical (unpaired) electrons. The highest BCUT2D eigenvalue weighted by Gasteiger charge is 2.10. The molecule has 1 N–H and O–H groups in total. The molecule has 0 saturated carbocycles. The lowest BCUT2D eigenvalue weighted by molar-refractivity contribution is -0.149. The van der Waals surface area contributed by atoms with Gasteiger partial charge in [-0.2, -0.15) is 0 Å². The first-order valence-corrected chi connectivity index (χ1v) is 8.36. The van der Waals surface area contributed by atoms with Crippen LogP contribution in [0.4, 0.5) is 5.69 Å².